The van der Waals surface area contributed by atoms with E-state index in [-0.39, 0.29) is 17.9 Å². The molecule has 24 heavy (non-hydrogen) atoms. The maximum Gasteiger partial charge on any atom is 0.254 e. The second-order valence-corrected chi connectivity index (χ2v) is 6.87. The van der Waals surface area contributed by atoms with Gasteiger partial charge in [-0.05, 0) is 44.4 Å². The monoisotopic (exact) mass is 370 g/mol. The molecule has 1 heterocycles. The van der Waals surface area contributed by atoms with Crippen LogP contribution < -0.4 is 0 Å². The summed E-state index contributed by atoms with van der Waals surface area (Å²) in [7, 11) is 0. The van der Waals surface area contributed by atoms with Crippen molar-refractivity contribution in [2.45, 2.75) is 45.6 Å². The molecule has 1 aliphatic rings. The molecule has 1 atom stereocenters. The Bertz CT molecular complexity index is 607. The van der Waals surface area contributed by atoms with Gasteiger partial charge in [0.15, 0.2) is 0 Å². The summed E-state index contributed by atoms with van der Waals surface area (Å²) < 4.78 is 0. The van der Waals surface area contributed by atoms with E-state index >= 15 is 0 Å². The molecular formula is C18H24Cl2N2O2. The molecular weight excluding hydrogens is 347 g/mol. The van der Waals surface area contributed by atoms with Crippen LogP contribution in [-0.2, 0) is 4.79 Å². The molecule has 1 unspecified atom stereocenters. The molecule has 4 nitrogen and oxygen atoms in total. The van der Waals surface area contributed by atoms with Gasteiger partial charge in [0.25, 0.3) is 5.91 Å². The lowest BCUT2D eigenvalue weighted by atomic mass is 10.1. The molecule has 0 saturated carbocycles. The first-order chi connectivity index (χ1) is 11.5. The first kappa shape index (κ1) is 19.1. The number of nitrogens with zero attached hydrogens (tertiary/aromatic N) is 2. The molecule has 2 amide bonds. The van der Waals surface area contributed by atoms with Crippen molar-refractivity contribution >= 4 is 35.0 Å². The van der Waals surface area contributed by atoms with E-state index < -0.39 is 0 Å². The number of likely N-dealkylation sites (N-methyl/N-ethyl adjacent to an activating group) is 1. The Kier molecular flexibility index (Phi) is 6.93. The van der Waals surface area contributed by atoms with Crippen molar-refractivity contribution in [1.82, 2.24) is 9.80 Å². The SMILES string of the molecule is CCCCN(CC)C(=O)C1CCCN1C(=O)c1ccc(Cl)c(Cl)c1. The lowest BCUT2D eigenvalue weighted by Crippen LogP contribution is -2.48. The third-order valence-electron chi connectivity index (χ3n) is 4.44. The zero-order chi connectivity index (χ0) is 17.7. The highest BCUT2D eigenvalue weighted by atomic mass is 35.5. The summed E-state index contributed by atoms with van der Waals surface area (Å²) in [5.74, 6) is -0.104. The highest BCUT2D eigenvalue weighted by Gasteiger charge is 2.36. The molecule has 0 aliphatic carbocycles. The summed E-state index contributed by atoms with van der Waals surface area (Å²) in [5.41, 5.74) is 0.473. The van der Waals surface area contributed by atoms with E-state index in [1.165, 1.54) is 0 Å². The maximum atomic E-state index is 12.8. The molecule has 1 aromatic rings. The summed E-state index contributed by atoms with van der Waals surface area (Å²) >= 11 is 11.9. The van der Waals surface area contributed by atoms with E-state index in [1.807, 2.05) is 11.8 Å². The minimum Gasteiger partial charge on any atom is -0.341 e. The van der Waals surface area contributed by atoms with E-state index in [0.717, 1.165) is 25.8 Å². The van der Waals surface area contributed by atoms with Crippen LogP contribution in [0.4, 0.5) is 0 Å². The number of hydrogen-bond donors (Lipinski definition) is 0. The van der Waals surface area contributed by atoms with E-state index in [2.05, 4.69) is 6.92 Å². The zero-order valence-electron chi connectivity index (χ0n) is 14.2. The molecule has 0 N–H and O–H groups in total. The molecule has 0 spiro atoms. The minimum atomic E-state index is -0.372. The first-order valence-corrected chi connectivity index (χ1v) is 9.30. The highest BCUT2D eigenvalue weighted by molar-refractivity contribution is 6.42. The van der Waals surface area contributed by atoms with Crippen LogP contribution in [-0.4, -0.2) is 47.3 Å². The molecule has 1 saturated heterocycles. The fraction of sp³-hybridized carbons (Fsp3) is 0.556. The van der Waals surface area contributed by atoms with Crippen molar-refractivity contribution in [3.63, 3.8) is 0 Å². The Morgan fingerprint density at radius 2 is 2.00 bits per heavy atom. The summed E-state index contributed by atoms with van der Waals surface area (Å²) in [6.45, 7) is 6.10. The molecule has 0 bridgehead atoms. The molecule has 0 aromatic heterocycles. The third kappa shape index (κ3) is 4.22. The lowest BCUT2D eigenvalue weighted by molar-refractivity contribution is -0.135. The summed E-state index contributed by atoms with van der Waals surface area (Å²) in [4.78, 5) is 29.2. The number of amides is 2. The average molecular weight is 371 g/mol. The maximum absolute atomic E-state index is 12.8. The van der Waals surface area contributed by atoms with Gasteiger partial charge in [-0.25, -0.2) is 0 Å². The van der Waals surface area contributed by atoms with Crippen LogP contribution in [0.1, 0.15) is 49.9 Å². The number of benzene rings is 1. The molecule has 6 heteroatoms. The van der Waals surface area contributed by atoms with Crippen LogP contribution in [0.3, 0.4) is 0 Å². The summed E-state index contributed by atoms with van der Waals surface area (Å²) in [6, 6.07) is 4.47. The highest BCUT2D eigenvalue weighted by Crippen LogP contribution is 2.26. The molecule has 1 fully saturated rings. The third-order valence-corrected chi connectivity index (χ3v) is 5.18. The number of rotatable bonds is 6. The Hall–Kier alpha value is -1.26. The largest absolute Gasteiger partial charge is 0.341 e. The standard InChI is InChI=1S/C18H24Cl2N2O2/c1-3-5-10-21(4-2)18(24)16-7-6-11-22(16)17(23)13-8-9-14(19)15(20)12-13/h8-9,12,16H,3-7,10-11H2,1-2H3. The van der Waals surface area contributed by atoms with Gasteiger partial charge in [0.2, 0.25) is 5.91 Å². The summed E-state index contributed by atoms with van der Waals surface area (Å²) in [6.07, 6.45) is 3.58. The predicted molar refractivity (Wildman–Crippen MR) is 97.7 cm³/mol. The van der Waals surface area contributed by atoms with Gasteiger partial charge in [-0.2, -0.15) is 0 Å². The second-order valence-electron chi connectivity index (χ2n) is 6.06. The van der Waals surface area contributed by atoms with E-state index in [4.69, 9.17) is 23.2 Å². The van der Waals surface area contributed by atoms with Crippen LogP contribution in [0.15, 0.2) is 18.2 Å². The number of unbranched alkanes of at least 4 members (excludes halogenated alkanes) is 1. The van der Waals surface area contributed by atoms with Gasteiger partial charge in [0, 0.05) is 25.2 Å². The second kappa shape index (κ2) is 8.72. The number of hydrogen-bond acceptors (Lipinski definition) is 2. The average Bonchev–Trinajstić information content (AvgIpc) is 3.06. The molecule has 1 aliphatic heterocycles. The van der Waals surface area contributed by atoms with Crippen LogP contribution >= 0.6 is 23.2 Å². The minimum absolute atomic E-state index is 0.0526. The zero-order valence-corrected chi connectivity index (χ0v) is 15.7. The molecule has 1 aromatic carbocycles. The van der Waals surface area contributed by atoms with Crippen molar-refractivity contribution < 1.29 is 9.59 Å². The first-order valence-electron chi connectivity index (χ1n) is 8.54. The van der Waals surface area contributed by atoms with Gasteiger partial charge in [-0.15, -0.1) is 0 Å². The Morgan fingerprint density at radius 1 is 1.25 bits per heavy atom. The van der Waals surface area contributed by atoms with Crippen LogP contribution in [0.25, 0.3) is 0 Å². The smallest absolute Gasteiger partial charge is 0.254 e. The fourth-order valence-corrected chi connectivity index (χ4v) is 3.34. The van der Waals surface area contributed by atoms with E-state index in [0.29, 0.717) is 35.1 Å². The molecule has 132 valence electrons. The van der Waals surface area contributed by atoms with Gasteiger partial charge < -0.3 is 9.80 Å². The van der Waals surface area contributed by atoms with E-state index in [9.17, 15) is 9.59 Å². The molecule has 0 radical (unpaired) electrons. The van der Waals surface area contributed by atoms with Gasteiger partial charge >= 0.3 is 0 Å². The Balaban J connectivity index is 2.15. The molecule has 2 rings (SSSR count). The van der Waals surface area contributed by atoms with Gasteiger partial charge in [-0.3, -0.25) is 9.59 Å². The van der Waals surface area contributed by atoms with Crippen LogP contribution in [0.2, 0.25) is 10.0 Å². The topological polar surface area (TPSA) is 40.6 Å². The van der Waals surface area contributed by atoms with Gasteiger partial charge in [0.05, 0.1) is 10.0 Å². The van der Waals surface area contributed by atoms with Gasteiger partial charge in [0.1, 0.15) is 6.04 Å². The predicted octanol–water partition coefficient (Wildman–Crippen LogP) is 4.25. The quantitative estimate of drug-likeness (QED) is 0.750. The van der Waals surface area contributed by atoms with Crippen molar-refractivity contribution in [3.8, 4) is 0 Å². The van der Waals surface area contributed by atoms with Crippen LogP contribution in [0, 0.1) is 0 Å². The van der Waals surface area contributed by atoms with Crippen molar-refractivity contribution in [3.05, 3.63) is 33.8 Å². The Morgan fingerprint density at radius 3 is 2.62 bits per heavy atom. The van der Waals surface area contributed by atoms with Gasteiger partial charge in [-0.1, -0.05) is 36.5 Å². The fourth-order valence-electron chi connectivity index (χ4n) is 3.05. The number of likely N-dealkylation sites (tertiary alicyclic amines) is 1. The summed E-state index contributed by atoms with van der Waals surface area (Å²) in [5, 5.41) is 0.765. The van der Waals surface area contributed by atoms with Crippen molar-refractivity contribution in [2.24, 2.45) is 0 Å². The number of carbonyl (C=O) groups excluding carboxylic acids is 2. The van der Waals surface area contributed by atoms with Crippen molar-refractivity contribution in [2.75, 3.05) is 19.6 Å². The number of carbonyl (C=O) groups is 2. The Labute approximate surface area is 153 Å². The van der Waals surface area contributed by atoms with Crippen molar-refractivity contribution in [1.29, 1.82) is 0 Å². The normalized spacial score (nSPS) is 17.2. The van der Waals surface area contributed by atoms with E-state index in [1.54, 1.807) is 23.1 Å². The number of halogens is 2. The van der Waals surface area contributed by atoms with Crippen LogP contribution in [0.5, 0.6) is 0 Å². The lowest BCUT2D eigenvalue weighted by Gasteiger charge is -2.29.